The van der Waals surface area contributed by atoms with Gasteiger partial charge in [-0.25, -0.2) is 0 Å². The van der Waals surface area contributed by atoms with Crippen LogP contribution in [-0.4, -0.2) is 36.1 Å². The van der Waals surface area contributed by atoms with Gasteiger partial charge < -0.3 is 18.9 Å². The normalized spacial score (nSPS) is 14.7. The van der Waals surface area contributed by atoms with E-state index >= 15 is 0 Å². The molecule has 5 nitrogen and oxygen atoms in total. The summed E-state index contributed by atoms with van der Waals surface area (Å²) >= 11 is 0. The Balaban J connectivity index is 1.60. The average Bonchev–Trinajstić information content (AvgIpc) is 3.42. The monoisotopic (exact) mass is 502 g/mol. The highest BCUT2D eigenvalue weighted by atomic mass is 16.5. The van der Waals surface area contributed by atoms with Crippen molar-refractivity contribution in [1.29, 1.82) is 0 Å². The van der Waals surface area contributed by atoms with Crippen molar-refractivity contribution in [1.82, 2.24) is 9.47 Å². The number of rotatable bonds is 7. The Hall–Kier alpha value is -4.51. The maximum absolute atomic E-state index is 13.9. The lowest BCUT2D eigenvalue weighted by molar-refractivity contribution is 0.0753. The molecule has 38 heavy (non-hydrogen) atoms. The van der Waals surface area contributed by atoms with Crippen LogP contribution in [0.2, 0.25) is 0 Å². The molecule has 1 amide bonds. The van der Waals surface area contributed by atoms with Crippen LogP contribution in [-0.2, 0) is 13.5 Å². The van der Waals surface area contributed by atoms with Gasteiger partial charge in [-0.2, -0.15) is 0 Å². The maximum atomic E-state index is 13.9. The molecule has 0 N–H and O–H groups in total. The van der Waals surface area contributed by atoms with Crippen LogP contribution >= 0.6 is 0 Å². The Bertz CT molecular complexity index is 1640. The van der Waals surface area contributed by atoms with Crippen LogP contribution in [0.1, 0.15) is 33.1 Å². The Labute approximate surface area is 222 Å². The van der Waals surface area contributed by atoms with Gasteiger partial charge in [-0.05, 0) is 47.9 Å². The summed E-state index contributed by atoms with van der Waals surface area (Å²) < 4.78 is 13.7. The number of amides is 1. The first-order valence-electron chi connectivity index (χ1n) is 12.9. The van der Waals surface area contributed by atoms with Crippen molar-refractivity contribution in [2.24, 2.45) is 7.05 Å². The van der Waals surface area contributed by atoms with E-state index in [0.29, 0.717) is 6.54 Å². The Morgan fingerprint density at radius 2 is 1.53 bits per heavy atom. The molecule has 0 unspecified atom stereocenters. The molecule has 0 spiro atoms. The number of aryl methyl sites for hydroxylation is 1. The fourth-order valence-corrected chi connectivity index (χ4v) is 5.83. The van der Waals surface area contributed by atoms with Crippen LogP contribution in [0.15, 0.2) is 97.1 Å². The van der Waals surface area contributed by atoms with Crippen molar-refractivity contribution in [2.75, 3.05) is 20.8 Å². The molecule has 5 heteroatoms. The minimum absolute atomic E-state index is 0.0676. The summed E-state index contributed by atoms with van der Waals surface area (Å²) in [6.45, 7) is 0.611. The third-order valence-corrected chi connectivity index (χ3v) is 7.62. The molecule has 6 rings (SSSR count). The second-order valence-electron chi connectivity index (χ2n) is 9.63. The highest BCUT2D eigenvalue weighted by Gasteiger charge is 2.40. The maximum Gasteiger partial charge on any atom is 0.255 e. The van der Waals surface area contributed by atoms with Gasteiger partial charge in [-0.1, -0.05) is 66.7 Å². The standard InChI is InChI=1S/C33H30N2O3/c1-34-28-16-10-9-15-26(28)30(31(34)27-21-23(37-2)17-18-29(27)38-3)32-24-13-7-8-14-25(24)33(36)35(32)20-19-22-11-5-4-6-12-22/h4-18,21,32H,19-20H2,1-3H3/t32-/m1/s1. The molecule has 5 aromatic rings. The number of carbonyl (C=O) groups is 1. The van der Waals surface area contributed by atoms with E-state index in [4.69, 9.17) is 9.47 Å². The lowest BCUT2D eigenvalue weighted by Gasteiger charge is -2.27. The van der Waals surface area contributed by atoms with Crippen molar-refractivity contribution >= 4 is 16.8 Å². The van der Waals surface area contributed by atoms with Gasteiger partial charge in [0.1, 0.15) is 11.5 Å². The van der Waals surface area contributed by atoms with E-state index in [1.165, 1.54) is 5.56 Å². The molecule has 0 radical (unpaired) electrons. The van der Waals surface area contributed by atoms with Crippen LogP contribution in [0.5, 0.6) is 11.5 Å². The molecule has 0 saturated heterocycles. The van der Waals surface area contributed by atoms with Crippen molar-refractivity contribution in [3.63, 3.8) is 0 Å². The summed E-state index contributed by atoms with van der Waals surface area (Å²) in [6.07, 6.45) is 0.777. The number of nitrogens with zero attached hydrogens (tertiary/aromatic N) is 2. The van der Waals surface area contributed by atoms with E-state index in [9.17, 15) is 4.79 Å². The van der Waals surface area contributed by atoms with Crippen LogP contribution in [0.4, 0.5) is 0 Å². The van der Waals surface area contributed by atoms with E-state index in [1.54, 1.807) is 14.2 Å². The first-order valence-corrected chi connectivity index (χ1v) is 12.9. The summed E-state index contributed by atoms with van der Waals surface area (Å²) in [5.74, 6) is 1.57. The number of benzene rings is 4. The van der Waals surface area contributed by atoms with Crippen LogP contribution in [0.25, 0.3) is 22.2 Å². The second kappa shape index (κ2) is 9.75. The zero-order valence-electron chi connectivity index (χ0n) is 21.8. The van der Waals surface area contributed by atoms with Gasteiger partial charge in [-0.15, -0.1) is 0 Å². The number of fused-ring (bicyclic) bond motifs is 2. The number of aromatic nitrogens is 1. The Morgan fingerprint density at radius 3 is 2.32 bits per heavy atom. The molecule has 2 heterocycles. The molecule has 1 atom stereocenters. The lowest BCUT2D eigenvalue weighted by atomic mass is 9.92. The van der Waals surface area contributed by atoms with Crippen molar-refractivity contribution < 1.29 is 14.3 Å². The molecule has 190 valence electrons. The molecule has 1 aliphatic heterocycles. The number of methoxy groups -OCH3 is 2. The quantitative estimate of drug-likeness (QED) is 0.250. The summed E-state index contributed by atoms with van der Waals surface area (Å²) in [5, 5.41) is 1.12. The Kier molecular flexibility index (Phi) is 6.12. The van der Waals surface area contributed by atoms with Gasteiger partial charge in [0.15, 0.2) is 0 Å². The molecule has 0 aliphatic carbocycles. The van der Waals surface area contributed by atoms with E-state index in [1.807, 2.05) is 59.5 Å². The zero-order chi connectivity index (χ0) is 26.2. The van der Waals surface area contributed by atoms with Crippen LogP contribution in [0.3, 0.4) is 0 Å². The predicted molar refractivity (Wildman–Crippen MR) is 151 cm³/mol. The summed E-state index contributed by atoms with van der Waals surface area (Å²) in [4.78, 5) is 15.9. The van der Waals surface area contributed by atoms with E-state index in [-0.39, 0.29) is 11.9 Å². The second-order valence-corrected chi connectivity index (χ2v) is 9.63. The third-order valence-electron chi connectivity index (χ3n) is 7.62. The topological polar surface area (TPSA) is 43.7 Å². The van der Waals surface area contributed by atoms with E-state index < -0.39 is 0 Å². The number of carbonyl (C=O) groups excluding carboxylic acids is 1. The predicted octanol–water partition coefficient (Wildman–Crippen LogP) is 6.65. The SMILES string of the molecule is COc1ccc(OC)c(-c2c([C@H]3c4ccccc4C(=O)N3CCc3ccccc3)c3ccccc3n2C)c1. The zero-order valence-corrected chi connectivity index (χ0v) is 21.8. The summed E-state index contributed by atoms with van der Waals surface area (Å²) in [7, 11) is 5.44. The molecule has 0 bridgehead atoms. The minimum Gasteiger partial charge on any atom is -0.497 e. The molecular formula is C33H30N2O3. The number of para-hydroxylation sites is 1. The van der Waals surface area contributed by atoms with E-state index in [2.05, 4.69) is 54.1 Å². The van der Waals surface area contributed by atoms with Gasteiger partial charge in [0.2, 0.25) is 0 Å². The molecule has 0 saturated carbocycles. The van der Waals surface area contributed by atoms with Gasteiger partial charge in [-0.3, -0.25) is 4.79 Å². The smallest absolute Gasteiger partial charge is 0.255 e. The van der Waals surface area contributed by atoms with E-state index in [0.717, 1.165) is 56.8 Å². The fraction of sp³-hybridized carbons (Fsp3) is 0.182. The Morgan fingerprint density at radius 1 is 0.789 bits per heavy atom. The van der Waals surface area contributed by atoms with Gasteiger partial charge >= 0.3 is 0 Å². The van der Waals surface area contributed by atoms with Crippen molar-refractivity contribution in [3.8, 4) is 22.8 Å². The minimum atomic E-state index is -0.237. The molecule has 4 aromatic carbocycles. The number of hydrogen-bond acceptors (Lipinski definition) is 3. The molecule has 1 aliphatic rings. The summed E-state index contributed by atoms with van der Waals surface area (Å²) in [5.41, 5.74) is 7.15. The fourth-order valence-electron chi connectivity index (χ4n) is 5.83. The molecule has 0 fully saturated rings. The lowest BCUT2D eigenvalue weighted by Crippen LogP contribution is -2.31. The highest BCUT2D eigenvalue weighted by molar-refractivity contribution is 6.02. The number of hydrogen-bond donors (Lipinski definition) is 0. The first kappa shape index (κ1) is 23.9. The van der Waals surface area contributed by atoms with Crippen molar-refractivity contribution in [3.05, 3.63) is 119 Å². The largest absolute Gasteiger partial charge is 0.497 e. The van der Waals surface area contributed by atoms with Crippen molar-refractivity contribution in [2.45, 2.75) is 12.5 Å². The first-order chi connectivity index (χ1) is 18.6. The number of ether oxygens (including phenoxy) is 2. The molecular weight excluding hydrogens is 472 g/mol. The third kappa shape index (κ3) is 3.82. The van der Waals surface area contributed by atoms with Crippen LogP contribution in [0, 0.1) is 0 Å². The molecule has 1 aromatic heterocycles. The van der Waals surface area contributed by atoms with Gasteiger partial charge in [0.05, 0.1) is 26.0 Å². The average molecular weight is 503 g/mol. The summed E-state index contributed by atoms with van der Waals surface area (Å²) in [6, 6.07) is 32.4. The van der Waals surface area contributed by atoms with Crippen LogP contribution < -0.4 is 9.47 Å². The highest BCUT2D eigenvalue weighted by Crippen LogP contribution is 2.48. The van der Waals surface area contributed by atoms with Gasteiger partial charge in [0.25, 0.3) is 5.91 Å². The van der Waals surface area contributed by atoms with Gasteiger partial charge in [0, 0.05) is 41.2 Å².